The van der Waals surface area contributed by atoms with Crippen molar-refractivity contribution in [2.75, 3.05) is 26.2 Å². The summed E-state index contributed by atoms with van der Waals surface area (Å²) in [6.45, 7) is 10.6. The highest BCUT2D eigenvalue weighted by molar-refractivity contribution is 5.63. The van der Waals surface area contributed by atoms with Crippen molar-refractivity contribution in [2.24, 2.45) is 0 Å². The Morgan fingerprint density at radius 1 is 1.15 bits per heavy atom. The number of piperidine rings is 1. The number of ether oxygens (including phenoxy) is 1. The Morgan fingerprint density at radius 3 is 2.50 bits per heavy atom. The van der Waals surface area contributed by atoms with E-state index in [-0.39, 0.29) is 0 Å². The second kappa shape index (κ2) is 8.11. The molecular formula is C18H27NO. The van der Waals surface area contributed by atoms with Crippen LogP contribution in [0, 0.1) is 0 Å². The largest absolute Gasteiger partial charge is 0.492 e. The fourth-order valence-electron chi connectivity index (χ4n) is 2.71. The summed E-state index contributed by atoms with van der Waals surface area (Å²) in [7, 11) is 0. The van der Waals surface area contributed by atoms with E-state index in [1.165, 1.54) is 43.5 Å². The third kappa shape index (κ3) is 4.68. The van der Waals surface area contributed by atoms with Gasteiger partial charge in [0.2, 0.25) is 0 Å². The highest BCUT2D eigenvalue weighted by Crippen LogP contribution is 2.21. The van der Waals surface area contributed by atoms with E-state index >= 15 is 0 Å². The predicted octanol–water partition coefficient (Wildman–Crippen LogP) is 4.36. The minimum atomic E-state index is 0.787. The summed E-state index contributed by atoms with van der Waals surface area (Å²) < 4.78 is 5.83. The fraction of sp³-hybridized carbons (Fsp3) is 0.556. The second-order valence-electron chi connectivity index (χ2n) is 5.63. The number of nitrogens with zero attached hydrogens (tertiary/aromatic N) is 1. The molecule has 0 unspecified atom stereocenters. The summed E-state index contributed by atoms with van der Waals surface area (Å²) in [5.74, 6) is 0.968. The van der Waals surface area contributed by atoms with Crippen LogP contribution in [0.25, 0.3) is 5.57 Å². The normalized spacial score (nSPS) is 16.1. The smallest absolute Gasteiger partial charge is 0.119 e. The third-order valence-corrected chi connectivity index (χ3v) is 3.94. The van der Waals surface area contributed by atoms with Crippen LogP contribution in [0.2, 0.25) is 0 Å². The van der Waals surface area contributed by atoms with E-state index in [9.17, 15) is 0 Å². The van der Waals surface area contributed by atoms with Gasteiger partial charge >= 0.3 is 0 Å². The van der Waals surface area contributed by atoms with Gasteiger partial charge < -0.3 is 4.74 Å². The Balaban J connectivity index is 1.74. The van der Waals surface area contributed by atoms with Crippen molar-refractivity contribution >= 4 is 5.57 Å². The van der Waals surface area contributed by atoms with Gasteiger partial charge in [-0.2, -0.15) is 0 Å². The molecule has 1 aromatic carbocycles. The first-order chi connectivity index (χ1) is 9.79. The Bertz CT molecular complexity index is 404. The molecule has 1 aliphatic rings. The van der Waals surface area contributed by atoms with Crippen LogP contribution in [-0.4, -0.2) is 31.1 Å². The van der Waals surface area contributed by atoms with E-state index in [0.717, 1.165) is 31.7 Å². The number of allylic oxidation sites excluding steroid dienone is 1. The summed E-state index contributed by atoms with van der Waals surface area (Å²) in [5.41, 5.74) is 2.45. The molecule has 1 aliphatic heterocycles. The summed E-state index contributed by atoms with van der Waals surface area (Å²) in [6, 6.07) is 8.36. The van der Waals surface area contributed by atoms with Crippen molar-refractivity contribution in [1.82, 2.24) is 4.90 Å². The first kappa shape index (κ1) is 15.1. The maximum Gasteiger partial charge on any atom is 0.119 e. The van der Waals surface area contributed by atoms with Crippen LogP contribution in [0.3, 0.4) is 0 Å². The highest BCUT2D eigenvalue weighted by Gasteiger charge is 2.09. The zero-order valence-corrected chi connectivity index (χ0v) is 12.7. The minimum absolute atomic E-state index is 0.787. The summed E-state index contributed by atoms with van der Waals surface area (Å²) in [5, 5.41) is 0. The molecule has 1 aromatic rings. The van der Waals surface area contributed by atoms with Gasteiger partial charge in [0.05, 0.1) is 0 Å². The minimum Gasteiger partial charge on any atom is -0.492 e. The quantitative estimate of drug-likeness (QED) is 0.731. The number of likely N-dealkylation sites (tertiary alicyclic amines) is 1. The van der Waals surface area contributed by atoms with Gasteiger partial charge in [-0.05, 0) is 55.6 Å². The first-order valence-electron chi connectivity index (χ1n) is 7.93. The SMILES string of the molecule is C=C(CCC)c1ccc(OCCN2CCCCC2)cc1. The molecule has 0 bridgehead atoms. The first-order valence-corrected chi connectivity index (χ1v) is 7.93. The maximum absolute atomic E-state index is 5.83. The molecule has 1 saturated heterocycles. The molecule has 2 nitrogen and oxygen atoms in total. The molecule has 2 heteroatoms. The third-order valence-electron chi connectivity index (χ3n) is 3.94. The standard InChI is InChI=1S/C18H27NO/c1-3-7-16(2)17-8-10-18(11-9-17)20-15-14-19-12-5-4-6-13-19/h8-11H,2-7,12-15H2,1H3. The molecule has 0 aromatic heterocycles. The highest BCUT2D eigenvalue weighted by atomic mass is 16.5. The van der Waals surface area contributed by atoms with Crippen LogP contribution < -0.4 is 4.74 Å². The molecule has 0 amide bonds. The lowest BCUT2D eigenvalue weighted by atomic mass is 10.0. The van der Waals surface area contributed by atoms with E-state index in [4.69, 9.17) is 4.74 Å². The van der Waals surface area contributed by atoms with E-state index in [2.05, 4.69) is 42.7 Å². The van der Waals surface area contributed by atoms with Gasteiger partial charge in [0, 0.05) is 6.54 Å². The van der Waals surface area contributed by atoms with Crippen LogP contribution >= 0.6 is 0 Å². The Kier molecular flexibility index (Phi) is 6.13. The van der Waals surface area contributed by atoms with Gasteiger partial charge in [-0.1, -0.05) is 38.5 Å². The summed E-state index contributed by atoms with van der Waals surface area (Å²) in [4.78, 5) is 2.50. The average molecular weight is 273 g/mol. The average Bonchev–Trinajstić information content (AvgIpc) is 2.49. The Hall–Kier alpha value is -1.28. The van der Waals surface area contributed by atoms with Gasteiger partial charge in [0.25, 0.3) is 0 Å². The van der Waals surface area contributed by atoms with Crippen molar-refractivity contribution in [3.8, 4) is 5.75 Å². The number of benzene rings is 1. The lowest BCUT2D eigenvalue weighted by molar-refractivity contribution is 0.183. The Labute approximate surface area is 123 Å². The molecule has 0 saturated carbocycles. The van der Waals surface area contributed by atoms with E-state index < -0.39 is 0 Å². The van der Waals surface area contributed by atoms with Crippen LogP contribution in [0.4, 0.5) is 0 Å². The molecule has 20 heavy (non-hydrogen) atoms. The molecule has 0 aliphatic carbocycles. The lowest BCUT2D eigenvalue weighted by Crippen LogP contribution is -2.33. The second-order valence-corrected chi connectivity index (χ2v) is 5.63. The maximum atomic E-state index is 5.83. The van der Waals surface area contributed by atoms with Crippen molar-refractivity contribution in [3.05, 3.63) is 36.4 Å². The molecular weight excluding hydrogens is 246 g/mol. The fourth-order valence-corrected chi connectivity index (χ4v) is 2.71. The molecule has 0 radical (unpaired) electrons. The number of hydrogen-bond donors (Lipinski definition) is 0. The summed E-state index contributed by atoms with van der Waals surface area (Å²) in [6.07, 6.45) is 6.28. The van der Waals surface area contributed by atoms with Crippen LogP contribution in [-0.2, 0) is 0 Å². The molecule has 0 spiro atoms. The molecule has 110 valence electrons. The van der Waals surface area contributed by atoms with Crippen LogP contribution in [0.1, 0.15) is 44.6 Å². The zero-order chi connectivity index (χ0) is 14.2. The van der Waals surface area contributed by atoms with E-state index in [0.29, 0.717) is 0 Å². The van der Waals surface area contributed by atoms with E-state index in [1.54, 1.807) is 0 Å². The van der Waals surface area contributed by atoms with Gasteiger partial charge in [0.1, 0.15) is 12.4 Å². The van der Waals surface area contributed by atoms with Crippen molar-refractivity contribution < 1.29 is 4.74 Å². The van der Waals surface area contributed by atoms with Crippen molar-refractivity contribution in [3.63, 3.8) is 0 Å². The van der Waals surface area contributed by atoms with E-state index in [1.807, 2.05) is 0 Å². The van der Waals surface area contributed by atoms with Crippen molar-refractivity contribution in [1.29, 1.82) is 0 Å². The van der Waals surface area contributed by atoms with Crippen LogP contribution in [0.15, 0.2) is 30.8 Å². The van der Waals surface area contributed by atoms with Gasteiger partial charge in [-0.25, -0.2) is 0 Å². The molecule has 0 N–H and O–H groups in total. The lowest BCUT2D eigenvalue weighted by Gasteiger charge is -2.26. The molecule has 0 atom stereocenters. The predicted molar refractivity (Wildman–Crippen MR) is 86.2 cm³/mol. The van der Waals surface area contributed by atoms with Crippen LogP contribution in [0.5, 0.6) is 5.75 Å². The monoisotopic (exact) mass is 273 g/mol. The number of hydrogen-bond acceptors (Lipinski definition) is 2. The molecule has 1 fully saturated rings. The molecule has 1 heterocycles. The van der Waals surface area contributed by atoms with Gasteiger partial charge in [0.15, 0.2) is 0 Å². The topological polar surface area (TPSA) is 12.5 Å². The van der Waals surface area contributed by atoms with Gasteiger partial charge in [-0.15, -0.1) is 0 Å². The van der Waals surface area contributed by atoms with Gasteiger partial charge in [-0.3, -0.25) is 4.90 Å². The van der Waals surface area contributed by atoms with Crippen molar-refractivity contribution in [2.45, 2.75) is 39.0 Å². The Morgan fingerprint density at radius 2 is 1.85 bits per heavy atom. The molecule has 2 rings (SSSR count). The summed E-state index contributed by atoms with van der Waals surface area (Å²) >= 11 is 0. The zero-order valence-electron chi connectivity index (χ0n) is 12.7. The number of rotatable bonds is 7.